The van der Waals surface area contributed by atoms with Crippen LogP contribution in [0.3, 0.4) is 0 Å². The van der Waals surface area contributed by atoms with E-state index >= 15 is 0 Å². The van der Waals surface area contributed by atoms with Crippen molar-refractivity contribution in [2.24, 2.45) is 5.92 Å². The van der Waals surface area contributed by atoms with Gasteiger partial charge in [-0.25, -0.2) is 9.97 Å². The van der Waals surface area contributed by atoms with Crippen LogP contribution in [0, 0.1) is 12.8 Å². The topological polar surface area (TPSA) is 37.8 Å². The quantitative estimate of drug-likeness (QED) is 0.852. The Morgan fingerprint density at radius 3 is 3.06 bits per heavy atom. The third-order valence-electron chi connectivity index (χ3n) is 2.41. The van der Waals surface area contributed by atoms with Gasteiger partial charge in [-0.1, -0.05) is 6.92 Å². The van der Waals surface area contributed by atoms with Gasteiger partial charge in [0.05, 0.1) is 10.2 Å². The van der Waals surface area contributed by atoms with Gasteiger partial charge in [0.15, 0.2) is 0 Å². The number of thiophene rings is 1. The first-order chi connectivity index (χ1) is 7.72. The van der Waals surface area contributed by atoms with Gasteiger partial charge in [0.2, 0.25) is 0 Å². The van der Waals surface area contributed by atoms with Gasteiger partial charge in [-0.2, -0.15) is 0 Å². The van der Waals surface area contributed by atoms with Crippen LogP contribution in [-0.4, -0.2) is 22.4 Å². The van der Waals surface area contributed by atoms with E-state index in [1.54, 1.807) is 17.7 Å². The minimum atomic E-state index is 0.438. The molecule has 0 amide bonds. The Morgan fingerprint density at radius 1 is 1.50 bits per heavy atom. The number of halogens is 1. The number of aromatic nitrogens is 2. The van der Waals surface area contributed by atoms with Gasteiger partial charge < -0.3 is 5.32 Å². The maximum Gasteiger partial charge on any atom is 0.147 e. The Kier molecular flexibility index (Phi) is 3.61. The molecule has 2 aromatic rings. The molecule has 0 bridgehead atoms. The van der Waals surface area contributed by atoms with Crippen LogP contribution in [0.1, 0.15) is 12.5 Å². The maximum absolute atomic E-state index is 5.77. The van der Waals surface area contributed by atoms with Gasteiger partial charge in [0.25, 0.3) is 0 Å². The SMILES string of the molecule is Cc1csc2c(NCC(C)CCl)ncnc12. The van der Waals surface area contributed by atoms with E-state index in [1.165, 1.54) is 5.56 Å². The lowest BCUT2D eigenvalue weighted by Crippen LogP contribution is -2.13. The summed E-state index contributed by atoms with van der Waals surface area (Å²) in [6.07, 6.45) is 1.61. The van der Waals surface area contributed by atoms with Crippen LogP contribution in [0.15, 0.2) is 11.7 Å². The van der Waals surface area contributed by atoms with E-state index in [0.717, 1.165) is 22.6 Å². The van der Waals surface area contributed by atoms with Crippen molar-refractivity contribution < 1.29 is 0 Å². The number of aryl methyl sites for hydroxylation is 1. The van der Waals surface area contributed by atoms with Crippen LogP contribution in [-0.2, 0) is 0 Å². The number of hydrogen-bond donors (Lipinski definition) is 1. The summed E-state index contributed by atoms with van der Waals surface area (Å²) in [6.45, 7) is 5.02. The minimum absolute atomic E-state index is 0.438. The summed E-state index contributed by atoms with van der Waals surface area (Å²) in [5.74, 6) is 2.01. The summed E-state index contributed by atoms with van der Waals surface area (Å²) in [4.78, 5) is 8.55. The molecule has 2 aromatic heterocycles. The smallest absolute Gasteiger partial charge is 0.147 e. The highest BCUT2D eigenvalue weighted by Crippen LogP contribution is 2.28. The normalized spacial score (nSPS) is 12.9. The second-order valence-corrected chi connectivity index (χ2v) is 5.15. The zero-order valence-corrected chi connectivity index (χ0v) is 10.9. The summed E-state index contributed by atoms with van der Waals surface area (Å²) >= 11 is 7.45. The van der Waals surface area contributed by atoms with Gasteiger partial charge in [-0.05, 0) is 23.8 Å². The van der Waals surface area contributed by atoms with Crippen molar-refractivity contribution in [1.29, 1.82) is 0 Å². The lowest BCUT2D eigenvalue weighted by molar-refractivity contribution is 0.695. The molecule has 1 atom stereocenters. The Bertz CT molecular complexity index is 483. The highest BCUT2D eigenvalue weighted by atomic mass is 35.5. The average molecular weight is 256 g/mol. The summed E-state index contributed by atoms with van der Waals surface area (Å²) < 4.78 is 1.13. The molecule has 0 fully saturated rings. The third kappa shape index (κ3) is 2.28. The Hall–Kier alpha value is -0.870. The molecule has 0 saturated carbocycles. The number of anilines is 1. The van der Waals surface area contributed by atoms with Crippen molar-refractivity contribution in [3.8, 4) is 0 Å². The number of alkyl halides is 1. The summed E-state index contributed by atoms with van der Waals surface area (Å²) in [7, 11) is 0. The van der Waals surface area contributed by atoms with Crippen molar-refractivity contribution in [3.05, 3.63) is 17.3 Å². The number of hydrogen-bond acceptors (Lipinski definition) is 4. The maximum atomic E-state index is 5.77. The van der Waals surface area contributed by atoms with Gasteiger partial charge in [0, 0.05) is 12.4 Å². The fraction of sp³-hybridized carbons (Fsp3) is 0.455. The fourth-order valence-corrected chi connectivity index (χ4v) is 2.50. The van der Waals surface area contributed by atoms with Crippen molar-refractivity contribution >= 4 is 39.0 Å². The highest BCUT2D eigenvalue weighted by molar-refractivity contribution is 7.18. The fourth-order valence-electron chi connectivity index (χ4n) is 1.42. The van der Waals surface area contributed by atoms with E-state index in [2.05, 4.69) is 34.5 Å². The molecule has 0 saturated heterocycles. The van der Waals surface area contributed by atoms with Crippen molar-refractivity contribution in [1.82, 2.24) is 9.97 Å². The van der Waals surface area contributed by atoms with Gasteiger partial charge >= 0.3 is 0 Å². The molecule has 1 N–H and O–H groups in total. The van der Waals surface area contributed by atoms with E-state index in [1.807, 2.05) is 0 Å². The molecule has 0 spiro atoms. The number of nitrogens with one attached hydrogen (secondary N) is 1. The summed E-state index contributed by atoms with van der Waals surface area (Å²) in [5, 5.41) is 5.43. The van der Waals surface area contributed by atoms with Crippen LogP contribution in [0.2, 0.25) is 0 Å². The second kappa shape index (κ2) is 4.97. The summed E-state index contributed by atoms with van der Waals surface area (Å²) in [6, 6.07) is 0. The Balaban J connectivity index is 2.24. The molecule has 5 heteroatoms. The lowest BCUT2D eigenvalue weighted by atomic mass is 10.2. The molecule has 0 aromatic carbocycles. The van der Waals surface area contributed by atoms with E-state index in [0.29, 0.717) is 11.8 Å². The predicted octanol–water partition coefficient (Wildman–Crippen LogP) is 3.29. The summed E-state index contributed by atoms with van der Waals surface area (Å²) in [5.41, 5.74) is 2.25. The average Bonchev–Trinajstić information content (AvgIpc) is 2.69. The number of rotatable bonds is 4. The van der Waals surface area contributed by atoms with E-state index < -0.39 is 0 Å². The molecule has 0 aliphatic rings. The molecule has 3 nitrogen and oxygen atoms in total. The third-order valence-corrected chi connectivity index (χ3v) is 4.03. The zero-order chi connectivity index (χ0) is 11.5. The van der Waals surface area contributed by atoms with Crippen LogP contribution in [0.5, 0.6) is 0 Å². The molecule has 16 heavy (non-hydrogen) atoms. The second-order valence-electron chi connectivity index (χ2n) is 3.96. The van der Waals surface area contributed by atoms with E-state index in [9.17, 15) is 0 Å². The molecule has 2 heterocycles. The molecular weight excluding hydrogens is 242 g/mol. The largest absolute Gasteiger partial charge is 0.368 e. The van der Waals surface area contributed by atoms with Crippen molar-refractivity contribution in [2.45, 2.75) is 13.8 Å². The molecule has 0 aliphatic carbocycles. The standard InChI is InChI=1S/C11H14ClN3S/c1-7(3-12)4-13-11-10-9(14-6-15-11)8(2)5-16-10/h5-7H,3-4H2,1-2H3,(H,13,14,15). The van der Waals surface area contributed by atoms with E-state index in [4.69, 9.17) is 11.6 Å². The van der Waals surface area contributed by atoms with Crippen LogP contribution >= 0.6 is 22.9 Å². The van der Waals surface area contributed by atoms with Crippen molar-refractivity contribution in [3.63, 3.8) is 0 Å². The highest BCUT2D eigenvalue weighted by Gasteiger charge is 2.08. The lowest BCUT2D eigenvalue weighted by Gasteiger charge is -2.09. The van der Waals surface area contributed by atoms with Crippen LogP contribution in [0.25, 0.3) is 10.2 Å². The van der Waals surface area contributed by atoms with Crippen LogP contribution < -0.4 is 5.32 Å². The molecular formula is C11H14ClN3S. The molecule has 2 rings (SSSR count). The first kappa shape index (κ1) is 11.6. The first-order valence-electron chi connectivity index (χ1n) is 5.21. The van der Waals surface area contributed by atoms with Crippen molar-refractivity contribution in [2.75, 3.05) is 17.7 Å². The number of nitrogens with zero attached hydrogens (tertiary/aromatic N) is 2. The first-order valence-corrected chi connectivity index (χ1v) is 6.62. The molecule has 0 aliphatic heterocycles. The van der Waals surface area contributed by atoms with Gasteiger partial charge in [-0.3, -0.25) is 0 Å². The van der Waals surface area contributed by atoms with E-state index in [-0.39, 0.29) is 0 Å². The van der Waals surface area contributed by atoms with Crippen LogP contribution in [0.4, 0.5) is 5.82 Å². The Morgan fingerprint density at radius 2 is 2.31 bits per heavy atom. The monoisotopic (exact) mass is 255 g/mol. The number of fused-ring (bicyclic) bond motifs is 1. The minimum Gasteiger partial charge on any atom is -0.368 e. The zero-order valence-electron chi connectivity index (χ0n) is 9.33. The van der Waals surface area contributed by atoms with Gasteiger partial charge in [0.1, 0.15) is 12.1 Å². The molecule has 86 valence electrons. The van der Waals surface area contributed by atoms with Gasteiger partial charge in [-0.15, -0.1) is 22.9 Å². The molecule has 1 unspecified atom stereocenters. The Labute approximate surface area is 104 Å². The predicted molar refractivity (Wildman–Crippen MR) is 70.5 cm³/mol. The molecule has 0 radical (unpaired) electrons.